The summed E-state index contributed by atoms with van der Waals surface area (Å²) in [5, 5.41) is 0. The number of rotatable bonds is 1. The Morgan fingerprint density at radius 1 is 1.67 bits per heavy atom. The number of halogens is 1. The maximum atomic E-state index is 2.54. The highest BCUT2D eigenvalue weighted by atomic mass is 127. The predicted molar refractivity (Wildman–Crippen MR) is 50.0 cm³/mol. The first-order valence-corrected chi connectivity index (χ1v) is 4.80. The second kappa shape index (κ2) is 3.04. The lowest BCUT2D eigenvalue weighted by molar-refractivity contribution is 0.743. The third-order valence-electron chi connectivity index (χ3n) is 1.83. The van der Waals surface area contributed by atoms with Crippen molar-refractivity contribution in [1.29, 1.82) is 0 Å². The van der Waals surface area contributed by atoms with Crippen molar-refractivity contribution in [2.75, 3.05) is 0 Å². The van der Waals surface area contributed by atoms with Crippen LogP contribution >= 0.6 is 22.6 Å². The van der Waals surface area contributed by atoms with Crippen LogP contribution in [-0.4, -0.2) is 3.92 Å². The van der Waals surface area contributed by atoms with E-state index in [0.29, 0.717) is 0 Å². The van der Waals surface area contributed by atoms with Crippen LogP contribution in [0.2, 0.25) is 0 Å². The smallest absolute Gasteiger partial charge is 0.0324 e. The summed E-state index contributed by atoms with van der Waals surface area (Å²) in [6.07, 6.45) is 5.08. The van der Waals surface area contributed by atoms with Gasteiger partial charge in [0.2, 0.25) is 0 Å². The molecule has 0 spiro atoms. The van der Waals surface area contributed by atoms with Crippen LogP contribution in [0.15, 0.2) is 11.6 Å². The van der Waals surface area contributed by atoms with Crippen molar-refractivity contribution < 1.29 is 0 Å². The summed E-state index contributed by atoms with van der Waals surface area (Å²) >= 11 is 2.54. The van der Waals surface area contributed by atoms with Gasteiger partial charge in [0.05, 0.1) is 0 Å². The van der Waals surface area contributed by atoms with Gasteiger partial charge in [-0.3, -0.25) is 0 Å². The molecule has 1 heteroatoms. The first-order chi connectivity index (χ1) is 4.22. The first-order valence-electron chi connectivity index (χ1n) is 3.56. The van der Waals surface area contributed by atoms with Gasteiger partial charge in [0.25, 0.3) is 0 Å². The lowest BCUT2D eigenvalue weighted by atomic mass is 10.0. The van der Waals surface area contributed by atoms with Gasteiger partial charge in [-0.1, -0.05) is 48.1 Å². The van der Waals surface area contributed by atoms with Gasteiger partial charge >= 0.3 is 0 Å². The number of hydrogen-bond donors (Lipinski definition) is 0. The Hall–Kier alpha value is 0.470. The SMILES string of the molecule is CC(C)C1=CCCC1I. The molecule has 9 heavy (non-hydrogen) atoms. The normalized spacial score (nSPS) is 27.1. The van der Waals surface area contributed by atoms with Crippen LogP contribution in [-0.2, 0) is 0 Å². The van der Waals surface area contributed by atoms with Crippen molar-refractivity contribution in [1.82, 2.24) is 0 Å². The molecule has 1 unspecified atom stereocenters. The Morgan fingerprint density at radius 3 is 2.56 bits per heavy atom. The maximum absolute atomic E-state index is 2.54. The topological polar surface area (TPSA) is 0 Å². The molecule has 1 atom stereocenters. The van der Waals surface area contributed by atoms with Crippen LogP contribution in [0.3, 0.4) is 0 Å². The van der Waals surface area contributed by atoms with Crippen molar-refractivity contribution in [3.63, 3.8) is 0 Å². The van der Waals surface area contributed by atoms with Crippen molar-refractivity contribution in [2.24, 2.45) is 5.92 Å². The molecule has 0 aromatic carbocycles. The minimum absolute atomic E-state index is 0.773. The lowest BCUT2D eigenvalue weighted by Gasteiger charge is -2.10. The van der Waals surface area contributed by atoms with Crippen molar-refractivity contribution in [3.05, 3.63) is 11.6 Å². The molecule has 0 saturated carbocycles. The van der Waals surface area contributed by atoms with E-state index < -0.39 is 0 Å². The van der Waals surface area contributed by atoms with Gasteiger partial charge in [-0.2, -0.15) is 0 Å². The average Bonchev–Trinajstić information content (AvgIpc) is 2.13. The van der Waals surface area contributed by atoms with Gasteiger partial charge in [-0.05, 0) is 18.8 Å². The minimum Gasteiger partial charge on any atom is -0.0840 e. The molecule has 0 bridgehead atoms. The minimum atomic E-state index is 0.773. The molecule has 0 N–H and O–H groups in total. The molecule has 0 aromatic heterocycles. The summed E-state index contributed by atoms with van der Waals surface area (Å²) < 4.78 is 0.836. The highest BCUT2D eigenvalue weighted by Crippen LogP contribution is 2.30. The number of alkyl halides is 1. The van der Waals surface area contributed by atoms with Crippen molar-refractivity contribution >= 4 is 22.6 Å². The van der Waals surface area contributed by atoms with Gasteiger partial charge in [0, 0.05) is 3.92 Å². The zero-order valence-electron chi connectivity index (χ0n) is 6.02. The number of hydrogen-bond acceptors (Lipinski definition) is 0. The highest BCUT2D eigenvalue weighted by molar-refractivity contribution is 14.1. The molecule has 0 aromatic rings. The molecule has 0 heterocycles. The van der Waals surface area contributed by atoms with Gasteiger partial charge < -0.3 is 0 Å². The van der Waals surface area contributed by atoms with E-state index in [4.69, 9.17) is 0 Å². The van der Waals surface area contributed by atoms with E-state index in [1.165, 1.54) is 12.8 Å². The standard InChI is InChI=1S/C8H13I/c1-6(2)7-4-3-5-8(7)9/h4,6,8H,3,5H2,1-2H3. The quantitative estimate of drug-likeness (QED) is 0.372. The molecular formula is C8H13I. The monoisotopic (exact) mass is 236 g/mol. The Kier molecular flexibility index (Phi) is 2.56. The summed E-state index contributed by atoms with van der Waals surface area (Å²) in [4.78, 5) is 0. The van der Waals surface area contributed by atoms with Gasteiger partial charge in [-0.15, -0.1) is 0 Å². The summed E-state index contributed by atoms with van der Waals surface area (Å²) in [6.45, 7) is 4.56. The second-order valence-corrected chi connectivity index (χ2v) is 4.41. The predicted octanol–water partition coefficient (Wildman–Crippen LogP) is 3.17. The van der Waals surface area contributed by atoms with E-state index in [2.05, 4.69) is 42.5 Å². The molecule has 0 fully saturated rings. The Balaban J connectivity index is 2.57. The third kappa shape index (κ3) is 1.69. The maximum Gasteiger partial charge on any atom is 0.0324 e. The zero-order chi connectivity index (χ0) is 6.85. The summed E-state index contributed by atoms with van der Waals surface area (Å²) in [7, 11) is 0. The van der Waals surface area contributed by atoms with Crippen LogP contribution in [0.4, 0.5) is 0 Å². The number of allylic oxidation sites excluding steroid dienone is 2. The first kappa shape index (κ1) is 7.58. The summed E-state index contributed by atoms with van der Waals surface area (Å²) in [6, 6.07) is 0. The molecule has 1 rings (SSSR count). The molecule has 0 nitrogen and oxygen atoms in total. The molecule has 1 aliphatic rings. The van der Waals surface area contributed by atoms with E-state index in [1.807, 2.05) is 0 Å². The van der Waals surface area contributed by atoms with Gasteiger partial charge in [0.15, 0.2) is 0 Å². The van der Waals surface area contributed by atoms with Crippen LogP contribution in [0, 0.1) is 5.92 Å². The van der Waals surface area contributed by atoms with Crippen LogP contribution in [0.5, 0.6) is 0 Å². The van der Waals surface area contributed by atoms with E-state index in [-0.39, 0.29) is 0 Å². The second-order valence-electron chi connectivity index (χ2n) is 2.90. The molecule has 52 valence electrons. The van der Waals surface area contributed by atoms with Crippen molar-refractivity contribution in [3.8, 4) is 0 Å². The van der Waals surface area contributed by atoms with Crippen LogP contribution < -0.4 is 0 Å². The van der Waals surface area contributed by atoms with Gasteiger partial charge in [0.1, 0.15) is 0 Å². The van der Waals surface area contributed by atoms with Crippen LogP contribution in [0.25, 0.3) is 0 Å². The van der Waals surface area contributed by atoms with Gasteiger partial charge in [-0.25, -0.2) is 0 Å². The fourth-order valence-electron chi connectivity index (χ4n) is 1.29. The third-order valence-corrected chi connectivity index (χ3v) is 3.17. The fourth-order valence-corrected chi connectivity index (χ4v) is 2.62. The Bertz CT molecular complexity index is 125. The molecule has 0 radical (unpaired) electrons. The zero-order valence-corrected chi connectivity index (χ0v) is 8.18. The Morgan fingerprint density at radius 2 is 2.33 bits per heavy atom. The molecule has 0 amide bonds. The molecule has 0 aliphatic heterocycles. The largest absolute Gasteiger partial charge is 0.0840 e. The van der Waals surface area contributed by atoms with Crippen LogP contribution in [0.1, 0.15) is 26.7 Å². The highest BCUT2D eigenvalue weighted by Gasteiger charge is 2.17. The van der Waals surface area contributed by atoms with E-state index in [0.717, 1.165) is 9.84 Å². The summed E-state index contributed by atoms with van der Waals surface area (Å²) in [5.41, 5.74) is 1.66. The fraction of sp³-hybridized carbons (Fsp3) is 0.750. The summed E-state index contributed by atoms with van der Waals surface area (Å²) in [5.74, 6) is 0.773. The molecule has 0 saturated heterocycles. The van der Waals surface area contributed by atoms with E-state index >= 15 is 0 Å². The average molecular weight is 236 g/mol. The van der Waals surface area contributed by atoms with E-state index in [1.54, 1.807) is 5.57 Å². The van der Waals surface area contributed by atoms with E-state index in [9.17, 15) is 0 Å². The Labute approximate surface area is 70.9 Å². The molecular weight excluding hydrogens is 223 g/mol. The van der Waals surface area contributed by atoms with Crippen molar-refractivity contribution in [2.45, 2.75) is 30.6 Å². The molecule has 1 aliphatic carbocycles. The lowest BCUT2D eigenvalue weighted by Crippen LogP contribution is -2.01.